The number of carbonyl (C=O) groups is 2. The average molecular weight is 424 g/mol. The number of amides is 1. The van der Waals surface area contributed by atoms with Crippen molar-refractivity contribution in [1.82, 2.24) is 15.5 Å². The number of para-hydroxylation sites is 1. The van der Waals surface area contributed by atoms with Crippen LogP contribution >= 0.6 is 23.1 Å². The SMILES string of the molecule is N#C[C@@H](C(=O)CSc1nnc(Nc2ccccc2)s1)C(=O)NCc1ccccc1. The molecule has 3 aromatic rings. The van der Waals surface area contributed by atoms with Gasteiger partial charge in [-0.3, -0.25) is 9.59 Å². The molecule has 0 aliphatic heterocycles. The minimum absolute atomic E-state index is 0.0308. The molecule has 2 aromatic carbocycles. The molecule has 0 spiro atoms. The summed E-state index contributed by atoms with van der Waals surface area (Å²) in [7, 11) is 0. The molecule has 0 saturated heterocycles. The molecular formula is C20H17N5O2S2. The third kappa shape index (κ3) is 6.14. The Kier molecular flexibility index (Phi) is 7.33. The quantitative estimate of drug-likeness (QED) is 0.401. The van der Waals surface area contributed by atoms with Gasteiger partial charge in [-0.1, -0.05) is 71.6 Å². The standard InChI is InChI=1S/C20H17N5O2S2/c21-11-16(18(27)22-12-14-7-3-1-4-8-14)17(26)13-28-20-25-24-19(29-20)23-15-9-5-2-6-10-15/h1-10,16H,12-13H2,(H,22,27)(H,23,24)/t16-/m0/s1. The van der Waals surface area contributed by atoms with Gasteiger partial charge in [-0.25, -0.2) is 0 Å². The Hall–Kier alpha value is -3.22. The average Bonchev–Trinajstić information content (AvgIpc) is 3.20. The van der Waals surface area contributed by atoms with Gasteiger partial charge < -0.3 is 10.6 Å². The van der Waals surface area contributed by atoms with E-state index >= 15 is 0 Å². The zero-order valence-corrected chi connectivity index (χ0v) is 16.9. The van der Waals surface area contributed by atoms with Crippen molar-refractivity contribution >= 4 is 45.6 Å². The molecule has 9 heteroatoms. The summed E-state index contributed by atoms with van der Waals surface area (Å²) in [5.41, 5.74) is 1.78. The van der Waals surface area contributed by atoms with E-state index in [1.165, 1.54) is 11.3 Å². The van der Waals surface area contributed by atoms with Gasteiger partial charge in [-0.2, -0.15) is 5.26 Å². The fourth-order valence-electron chi connectivity index (χ4n) is 2.34. The normalized spacial score (nSPS) is 11.3. The zero-order valence-electron chi connectivity index (χ0n) is 15.2. The monoisotopic (exact) mass is 423 g/mol. The first-order valence-corrected chi connectivity index (χ1v) is 10.5. The van der Waals surface area contributed by atoms with Crippen molar-refractivity contribution in [3.8, 4) is 6.07 Å². The first kappa shape index (κ1) is 20.5. The highest BCUT2D eigenvalue weighted by molar-refractivity contribution is 8.01. The largest absolute Gasteiger partial charge is 0.350 e. The van der Waals surface area contributed by atoms with Crippen molar-refractivity contribution in [3.63, 3.8) is 0 Å². The van der Waals surface area contributed by atoms with E-state index in [0.29, 0.717) is 9.47 Å². The zero-order chi connectivity index (χ0) is 20.5. The van der Waals surface area contributed by atoms with E-state index in [0.717, 1.165) is 23.0 Å². The molecule has 1 heterocycles. The highest BCUT2D eigenvalue weighted by Gasteiger charge is 2.26. The molecule has 0 aliphatic carbocycles. The van der Waals surface area contributed by atoms with Gasteiger partial charge in [0.1, 0.15) is 0 Å². The number of hydrogen-bond donors (Lipinski definition) is 2. The second-order valence-corrected chi connectivity index (χ2v) is 8.08. The Balaban J connectivity index is 1.49. The summed E-state index contributed by atoms with van der Waals surface area (Å²) in [4.78, 5) is 24.5. The van der Waals surface area contributed by atoms with Crippen molar-refractivity contribution in [1.29, 1.82) is 5.26 Å². The number of benzene rings is 2. The second-order valence-electron chi connectivity index (χ2n) is 5.88. The van der Waals surface area contributed by atoms with Crippen LogP contribution in [0.2, 0.25) is 0 Å². The number of nitriles is 1. The summed E-state index contributed by atoms with van der Waals surface area (Å²) < 4.78 is 0.582. The molecule has 0 saturated carbocycles. The Morgan fingerprint density at radius 2 is 1.76 bits per heavy atom. The number of rotatable bonds is 9. The first-order valence-electron chi connectivity index (χ1n) is 8.68. The number of nitrogens with zero attached hydrogens (tertiary/aromatic N) is 3. The van der Waals surface area contributed by atoms with Gasteiger partial charge >= 0.3 is 0 Å². The smallest absolute Gasteiger partial charge is 0.245 e. The van der Waals surface area contributed by atoms with Crippen molar-refractivity contribution < 1.29 is 9.59 Å². The third-order valence-electron chi connectivity index (χ3n) is 3.79. The fourth-order valence-corrected chi connectivity index (χ4v) is 4.02. The summed E-state index contributed by atoms with van der Waals surface area (Å²) in [5, 5.41) is 23.7. The molecule has 0 bridgehead atoms. The van der Waals surface area contributed by atoms with Crippen molar-refractivity contribution in [2.24, 2.45) is 5.92 Å². The molecule has 1 atom stereocenters. The number of hydrogen-bond acceptors (Lipinski definition) is 8. The lowest BCUT2D eigenvalue weighted by Gasteiger charge is -2.09. The van der Waals surface area contributed by atoms with Crippen molar-refractivity contribution in [2.45, 2.75) is 10.9 Å². The lowest BCUT2D eigenvalue weighted by atomic mass is 10.1. The van der Waals surface area contributed by atoms with E-state index in [9.17, 15) is 14.9 Å². The van der Waals surface area contributed by atoms with Crippen LogP contribution in [0.3, 0.4) is 0 Å². The summed E-state index contributed by atoms with van der Waals surface area (Å²) in [6.45, 7) is 0.267. The van der Waals surface area contributed by atoms with Gasteiger partial charge in [-0.05, 0) is 17.7 Å². The molecular weight excluding hydrogens is 406 g/mol. The van der Waals surface area contributed by atoms with Crippen LogP contribution in [0.25, 0.3) is 0 Å². The summed E-state index contributed by atoms with van der Waals surface area (Å²) >= 11 is 2.46. The maximum Gasteiger partial charge on any atom is 0.245 e. The topological polar surface area (TPSA) is 108 Å². The Morgan fingerprint density at radius 3 is 2.45 bits per heavy atom. The van der Waals surface area contributed by atoms with Crippen LogP contribution < -0.4 is 10.6 Å². The first-order chi connectivity index (χ1) is 14.2. The summed E-state index contributed by atoms with van der Waals surface area (Å²) in [5.74, 6) is -2.43. The number of Topliss-reactive ketones (excluding diaryl/α,β-unsaturated/α-hetero) is 1. The van der Waals surface area contributed by atoms with Gasteiger partial charge in [0.2, 0.25) is 11.0 Å². The minimum Gasteiger partial charge on any atom is -0.350 e. The van der Waals surface area contributed by atoms with Gasteiger partial charge in [0.15, 0.2) is 16.0 Å². The molecule has 2 N–H and O–H groups in total. The highest BCUT2D eigenvalue weighted by Crippen LogP contribution is 2.28. The van der Waals surface area contributed by atoms with Crippen LogP contribution in [-0.4, -0.2) is 27.6 Å². The molecule has 0 fully saturated rings. The Labute approximate surface area is 176 Å². The minimum atomic E-state index is -1.35. The number of anilines is 2. The van der Waals surface area contributed by atoms with Crippen LogP contribution in [0.4, 0.5) is 10.8 Å². The van der Waals surface area contributed by atoms with Gasteiger partial charge in [0, 0.05) is 12.2 Å². The van der Waals surface area contributed by atoms with E-state index in [2.05, 4.69) is 20.8 Å². The van der Waals surface area contributed by atoms with E-state index in [-0.39, 0.29) is 12.3 Å². The molecule has 146 valence electrons. The molecule has 0 unspecified atom stereocenters. The van der Waals surface area contributed by atoms with Crippen LogP contribution in [0.5, 0.6) is 0 Å². The number of carbonyl (C=O) groups excluding carboxylic acids is 2. The van der Waals surface area contributed by atoms with Gasteiger partial charge in [-0.15, -0.1) is 10.2 Å². The maximum absolute atomic E-state index is 12.3. The number of ketones is 1. The van der Waals surface area contributed by atoms with Gasteiger partial charge in [0.05, 0.1) is 11.8 Å². The molecule has 3 rings (SSSR count). The summed E-state index contributed by atoms with van der Waals surface area (Å²) in [6.07, 6.45) is 0. The van der Waals surface area contributed by atoms with Crippen molar-refractivity contribution in [2.75, 3.05) is 11.1 Å². The third-order valence-corrected chi connectivity index (χ3v) is 5.79. The Morgan fingerprint density at radius 1 is 1.07 bits per heavy atom. The molecule has 29 heavy (non-hydrogen) atoms. The van der Waals surface area contributed by atoms with E-state index in [1.54, 1.807) is 6.07 Å². The Bertz CT molecular complexity index is 1000. The van der Waals surface area contributed by atoms with Crippen LogP contribution in [0.15, 0.2) is 65.0 Å². The lowest BCUT2D eigenvalue weighted by Crippen LogP contribution is -2.35. The van der Waals surface area contributed by atoms with Crippen LogP contribution in [0.1, 0.15) is 5.56 Å². The number of thioether (sulfide) groups is 1. The van der Waals surface area contributed by atoms with E-state index in [1.807, 2.05) is 60.7 Å². The van der Waals surface area contributed by atoms with Gasteiger partial charge in [0.25, 0.3) is 0 Å². The fraction of sp³-hybridized carbons (Fsp3) is 0.150. The molecule has 7 nitrogen and oxygen atoms in total. The second kappa shape index (κ2) is 10.4. The predicted molar refractivity (Wildman–Crippen MR) is 113 cm³/mol. The molecule has 0 radical (unpaired) electrons. The lowest BCUT2D eigenvalue weighted by molar-refractivity contribution is -0.130. The van der Waals surface area contributed by atoms with Crippen LogP contribution in [-0.2, 0) is 16.1 Å². The van der Waals surface area contributed by atoms with E-state index in [4.69, 9.17) is 0 Å². The van der Waals surface area contributed by atoms with Crippen molar-refractivity contribution in [3.05, 3.63) is 66.2 Å². The predicted octanol–water partition coefficient (Wildman–Crippen LogP) is 3.40. The summed E-state index contributed by atoms with van der Waals surface area (Å²) in [6, 6.07) is 20.6. The number of aromatic nitrogens is 2. The molecule has 0 aliphatic rings. The highest BCUT2D eigenvalue weighted by atomic mass is 32.2. The molecule has 1 aromatic heterocycles. The van der Waals surface area contributed by atoms with E-state index < -0.39 is 17.6 Å². The van der Waals surface area contributed by atoms with Crippen LogP contribution in [0, 0.1) is 17.2 Å². The number of nitrogens with one attached hydrogen (secondary N) is 2. The molecule has 1 amide bonds. The maximum atomic E-state index is 12.3.